The topological polar surface area (TPSA) is 125 Å². The molecule has 1 saturated carbocycles. The Labute approximate surface area is 268 Å². The van der Waals surface area contributed by atoms with E-state index in [4.69, 9.17) is 22.7 Å². The fourth-order valence-corrected chi connectivity index (χ4v) is 7.04. The maximum Gasteiger partial charge on any atom is 0.354 e. The number of aromatic amines is 1. The van der Waals surface area contributed by atoms with Gasteiger partial charge in [0.2, 0.25) is 0 Å². The van der Waals surface area contributed by atoms with Crippen molar-refractivity contribution in [3.8, 4) is 16.9 Å². The summed E-state index contributed by atoms with van der Waals surface area (Å²) in [6.45, 7) is 3.89. The zero-order valence-electron chi connectivity index (χ0n) is 26.0. The van der Waals surface area contributed by atoms with Crippen LogP contribution in [0.3, 0.4) is 0 Å². The van der Waals surface area contributed by atoms with Crippen LogP contribution < -0.4 is 22.1 Å². The monoisotopic (exact) mass is 631 g/mol. The third-order valence-corrected chi connectivity index (χ3v) is 9.55. The number of H-pyrrole nitrogens is 1. The van der Waals surface area contributed by atoms with Gasteiger partial charge in [0.25, 0.3) is 0 Å². The Kier molecular flexibility index (Phi) is 9.40. The summed E-state index contributed by atoms with van der Waals surface area (Å²) in [5.74, 6) is 0.650. The van der Waals surface area contributed by atoms with E-state index >= 15 is 4.39 Å². The van der Waals surface area contributed by atoms with E-state index in [2.05, 4.69) is 39.7 Å². The number of rotatable bonds is 11. The molecule has 6 N–H and O–H groups in total. The van der Waals surface area contributed by atoms with Crippen molar-refractivity contribution in [2.24, 2.45) is 11.7 Å². The predicted molar refractivity (Wildman–Crippen MR) is 180 cm³/mol. The van der Waals surface area contributed by atoms with Gasteiger partial charge >= 0.3 is 5.69 Å². The van der Waals surface area contributed by atoms with Crippen LogP contribution in [-0.4, -0.2) is 38.5 Å². The van der Waals surface area contributed by atoms with Gasteiger partial charge in [-0.25, -0.2) is 9.18 Å². The van der Waals surface area contributed by atoms with E-state index in [-0.39, 0.29) is 23.1 Å². The van der Waals surface area contributed by atoms with Gasteiger partial charge in [-0.15, -0.1) is 0 Å². The molecule has 2 aliphatic rings. The lowest BCUT2D eigenvalue weighted by atomic mass is 9.90. The molecule has 2 fully saturated rings. The summed E-state index contributed by atoms with van der Waals surface area (Å²) >= 11 is 6.32. The van der Waals surface area contributed by atoms with Gasteiger partial charge in [-0.3, -0.25) is 9.98 Å². The Hall–Kier alpha value is -3.53. The summed E-state index contributed by atoms with van der Waals surface area (Å²) in [6.07, 6.45) is 11.1. The number of halogens is 2. The fraction of sp³-hybridized carbons (Fsp3) is 0.457. The maximum atomic E-state index is 15.2. The van der Waals surface area contributed by atoms with Crippen molar-refractivity contribution in [2.75, 3.05) is 0 Å². The van der Waals surface area contributed by atoms with E-state index in [0.29, 0.717) is 45.8 Å². The van der Waals surface area contributed by atoms with Crippen LogP contribution >= 0.6 is 11.6 Å². The highest BCUT2D eigenvalue weighted by Gasteiger charge is 2.28. The lowest BCUT2D eigenvalue weighted by Crippen LogP contribution is -2.42. The number of aromatic nitrogens is 3. The molecule has 1 unspecified atom stereocenters. The van der Waals surface area contributed by atoms with E-state index in [0.717, 1.165) is 50.5 Å². The zero-order chi connectivity index (χ0) is 31.7. The Bertz CT molecular complexity index is 1730. The number of hydrogen-bond donors (Lipinski definition) is 5. The molecule has 4 aromatic rings. The molecule has 2 aromatic heterocycles. The Morgan fingerprint density at radius 3 is 2.71 bits per heavy atom. The average molecular weight is 632 g/mol. The summed E-state index contributed by atoms with van der Waals surface area (Å²) in [5, 5.41) is 15.4. The van der Waals surface area contributed by atoms with E-state index < -0.39 is 11.5 Å². The van der Waals surface area contributed by atoms with Gasteiger partial charge in [0.05, 0.1) is 22.2 Å². The lowest BCUT2D eigenvalue weighted by Gasteiger charge is -2.33. The van der Waals surface area contributed by atoms with Gasteiger partial charge in [0, 0.05) is 41.3 Å². The molecule has 0 radical (unpaired) electrons. The van der Waals surface area contributed by atoms with Gasteiger partial charge in [-0.05, 0) is 113 Å². The minimum Gasteiger partial charge on any atom is -0.372 e. The number of benzene rings is 2. The molecule has 4 atom stereocenters. The van der Waals surface area contributed by atoms with Crippen molar-refractivity contribution >= 4 is 28.5 Å². The highest BCUT2D eigenvalue weighted by molar-refractivity contribution is 6.31. The Morgan fingerprint density at radius 1 is 1.20 bits per heavy atom. The average Bonchev–Trinajstić information content (AvgIpc) is 3.78. The maximum absolute atomic E-state index is 15.2. The minimum atomic E-state index is -0.499. The molecule has 0 bridgehead atoms. The van der Waals surface area contributed by atoms with Crippen molar-refractivity contribution in [1.82, 2.24) is 25.2 Å². The fourth-order valence-electron chi connectivity index (χ4n) is 6.80. The number of piperidine rings is 1. The van der Waals surface area contributed by atoms with Gasteiger partial charge in [0.1, 0.15) is 5.65 Å². The highest BCUT2D eigenvalue weighted by atomic mass is 35.5. The minimum absolute atomic E-state index is 0.0756. The van der Waals surface area contributed by atoms with Crippen LogP contribution in [0, 0.1) is 17.1 Å². The van der Waals surface area contributed by atoms with Crippen molar-refractivity contribution < 1.29 is 4.39 Å². The summed E-state index contributed by atoms with van der Waals surface area (Å²) in [4.78, 5) is 20.5. The van der Waals surface area contributed by atoms with Crippen LogP contribution in [0.15, 0.2) is 53.5 Å². The van der Waals surface area contributed by atoms with Crippen molar-refractivity contribution in [1.29, 1.82) is 5.41 Å². The summed E-state index contributed by atoms with van der Waals surface area (Å²) in [5.41, 5.74) is 9.99. The molecule has 1 aliphatic carbocycles. The second-order valence-electron chi connectivity index (χ2n) is 13.1. The number of nitrogens with two attached hydrogens (primary N) is 1. The zero-order valence-corrected chi connectivity index (χ0v) is 26.8. The molecule has 8 nitrogen and oxygen atoms in total. The van der Waals surface area contributed by atoms with E-state index in [1.807, 2.05) is 24.3 Å². The van der Waals surface area contributed by atoms with Crippen LogP contribution in [0.1, 0.15) is 82.4 Å². The van der Waals surface area contributed by atoms with Gasteiger partial charge < -0.3 is 21.4 Å². The second-order valence-corrected chi connectivity index (χ2v) is 13.5. The lowest BCUT2D eigenvalue weighted by molar-refractivity contribution is 0.297. The summed E-state index contributed by atoms with van der Waals surface area (Å²) in [7, 11) is 0. The van der Waals surface area contributed by atoms with Crippen LogP contribution in [0.4, 0.5) is 4.39 Å². The largest absolute Gasteiger partial charge is 0.372 e. The highest BCUT2D eigenvalue weighted by Crippen LogP contribution is 2.35. The molecule has 3 heterocycles. The second kappa shape index (κ2) is 13.4. The smallest absolute Gasteiger partial charge is 0.354 e. The van der Waals surface area contributed by atoms with Gasteiger partial charge in [-0.1, -0.05) is 30.2 Å². The number of aryl methyl sites for hydroxylation is 1. The molecule has 2 aromatic carbocycles. The molecule has 0 spiro atoms. The molecular formula is C35H43ClFN7O. The molecule has 0 amide bonds. The summed E-state index contributed by atoms with van der Waals surface area (Å²) in [6, 6.07) is 14.5. The van der Waals surface area contributed by atoms with Crippen LogP contribution in [-0.2, 0) is 6.42 Å². The number of nitrogens with one attached hydrogen (secondary N) is 4. The first-order valence-corrected chi connectivity index (χ1v) is 16.6. The Balaban J connectivity index is 1.18. The predicted octanol–water partition coefficient (Wildman–Crippen LogP) is 6.78. The molecule has 1 saturated heterocycles. The van der Waals surface area contributed by atoms with Crippen LogP contribution in [0.5, 0.6) is 0 Å². The molecule has 238 valence electrons. The number of nitrogens with zero attached hydrogens (tertiary/aromatic N) is 2. The molecular weight excluding hydrogens is 589 g/mol. The SMILES string of the molecule is CC(=N)N[C@H](C)C[C@@H]1CCC[C@@H](c2ccc(-n3cc4cc(-c5cc(CCCC(N)C6CC6)cc(Cl)c5F)[nH]c4nc3=O)cc2)N1. The molecule has 10 heteroatoms. The van der Waals surface area contributed by atoms with Gasteiger partial charge in [0.15, 0.2) is 5.82 Å². The number of amidine groups is 1. The van der Waals surface area contributed by atoms with E-state index in [1.54, 1.807) is 19.2 Å². The quantitative estimate of drug-likeness (QED) is 0.0922. The first-order chi connectivity index (χ1) is 21.6. The van der Waals surface area contributed by atoms with Gasteiger partial charge in [-0.2, -0.15) is 4.98 Å². The van der Waals surface area contributed by atoms with Crippen molar-refractivity contribution in [3.05, 3.63) is 81.1 Å². The van der Waals surface area contributed by atoms with E-state index in [9.17, 15) is 4.79 Å². The first kappa shape index (κ1) is 31.5. The number of hydrogen-bond acceptors (Lipinski definition) is 5. The summed E-state index contributed by atoms with van der Waals surface area (Å²) < 4.78 is 16.8. The molecule has 1 aliphatic heterocycles. The number of fused-ring (bicyclic) bond motifs is 1. The standard InChI is InChI=1S/C35H43ClFN7O/c1-20(40-21(2)38)15-26-6-4-8-31(41-26)24-11-13-27(14-12-24)44-19-25-18-32(42-34(25)43-35(44)45)28-16-22(17-29(36)33(28)37)5-3-7-30(39)23-9-10-23/h11-14,16-20,23,26,30-31,41H,3-10,15,39H2,1-2H3,(H2,38,40)(H,42,43,45)/t20-,26+,30?,31+/m1/s1. The van der Waals surface area contributed by atoms with Crippen LogP contribution in [0.25, 0.3) is 28.0 Å². The molecule has 45 heavy (non-hydrogen) atoms. The third-order valence-electron chi connectivity index (χ3n) is 9.27. The van der Waals surface area contributed by atoms with Crippen molar-refractivity contribution in [3.63, 3.8) is 0 Å². The van der Waals surface area contributed by atoms with E-state index in [1.165, 1.54) is 23.0 Å². The Morgan fingerprint density at radius 2 is 1.98 bits per heavy atom. The normalized spacial score (nSPS) is 19.8. The first-order valence-electron chi connectivity index (χ1n) is 16.2. The molecule has 6 rings (SSSR count). The van der Waals surface area contributed by atoms with Crippen molar-refractivity contribution in [2.45, 2.75) is 95.8 Å². The van der Waals surface area contributed by atoms with Crippen LogP contribution in [0.2, 0.25) is 5.02 Å². The third kappa shape index (κ3) is 7.48.